The Hall–Kier alpha value is -3.72. The first kappa shape index (κ1) is 24.9. The minimum Gasteiger partial charge on any atom is -0.496 e. The van der Waals surface area contributed by atoms with Crippen molar-refractivity contribution >= 4 is 21.6 Å². The van der Waals surface area contributed by atoms with Crippen LogP contribution >= 0.6 is 0 Å². The van der Waals surface area contributed by atoms with Gasteiger partial charge in [-0.05, 0) is 17.7 Å². The standard InChI is InChI=1S/C25H28N2O6S/c1-31-22-13-9-8-12-19(22)16-26-25(28)20-14-23(32-2)24(33-3)15-21(20)27(34(4,29)30)17-18-10-6-5-7-11-18/h5-15H,16-17H2,1-4H3,(H,26,28). The number of carbonyl (C=O) groups excluding carboxylic acids is 1. The third-order valence-electron chi connectivity index (χ3n) is 5.22. The Morgan fingerprint density at radius 3 is 2.06 bits per heavy atom. The third-order valence-corrected chi connectivity index (χ3v) is 6.34. The number of sulfonamides is 1. The van der Waals surface area contributed by atoms with Crippen LogP contribution < -0.4 is 23.8 Å². The first-order valence-corrected chi connectivity index (χ1v) is 12.3. The van der Waals surface area contributed by atoms with Crippen LogP contribution in [0.2, 0.25) is 0 Å². The van der Waals surface area contributed by atoms with E-state index in [1.807, 2.05) is 48.5 Å². The number of hydrogen-bond donors (Lipinski definition) is 1. The van der Waals surface area contributed by atoms with Gasteiger partial charge in [0.25, 0.3) is 5.91 Å². The third kappa shape index (κ3) is 5.79. The average molecular weight is 485 g/mol. The van der Waals surface area contributed by atoms with Gasteiger partial charge in [-0.1, -0.05) is 48.5 Å². The molecular weight excluding hydrogens is 456 g/mol. The Bertz CT molecular complexity index is 1250. The zero-order valence-electron chi connectivity index (χ0n) is 19.6. The maximum absolute atomic E-state index is 13.3. The number of ether oxygens (including phenoxy) is 3. The highest BCUT2D eigenvalue weighted by molar-refractivity contribution is 7.92. The van der Waals surface area contributed by atoms with Crippen LogP contribution in [-0.4, -0.2) is 41.9 Å². The Balaban J connectivity index is 2.05. The van der Waals surface area contributed by atoms with E-state index in [4.69, 9.17) is 14.2 Å². The molecular formula is C25H28N2O6S. The van der Waals surface area contributed by atoms with Gasteiger partial charge in [0, 0.05) is 18.2 Å². The van der Waals surface area contributed by atoms with Crippen molar-refractivity contribution in [3.05, 3.63) is 83.4 Å². The molecule has 3 rings (SSSR count). The highest BCUT2D eigenvalue weighted by Gasteiger charge is 2.26. The predicted molar refractivity (Wildman–Crippen MR) is 131 cm³/mol. The van der Waals surface area contributed by atoms with Gasteiger partial charge < -0.3 is 19.5 Å². The number of anilines is 1. The van der Waals surface area contributed by atoms with E-state index in [0.717, 1.165) is 17.4 Å². The van der Waals surface area contributed by atoms with Gasteiger partial charge in [0.15, 0.2) is 11.5 Å². The molecule has 8 nitrogen and oxygen atoms in total. The van der Waals surface area contributed by atoms with Crippen LogP contribution in [-0.2, 0) is 23.1 Å². The number of benzene rings is 3. The number of methoxy groups -OCH3 is 3. The zero-order valence-corrected chi connectivity index (χ0v) is 20.4. The minimum absolute atomic E-state index is 0.0436. The highest BCUT2D eigenvalue weighted by Crippen LogP contribution is 2.37. The van der Waals surface area contributed by atoms with Crippen LogP contribution in [0.1, 0.15) is 21.5 Å². The fourth-order valence-corrected chi connectivity index (χ4v) is 4.40. The van der Waals surface area contributed by atoms with Gasteiger partial charge in [-0.25, -0.2) is 8.42 Å². The summed E-state index contributed by atoms with van der Waals surface area (Å²) in [5, 5.41) is 2.85. The second-order valence-corrected chi connectivity index (χ2v) is 9.38. The molecule has 0 saturated carbocycles. The van der Waals surface area contributed by atoms with Crippen LogP contribution in [0.5, 0.6) is 17.2 Å². The van der Waals surface area contributed by atoms with Crippen molar-refractivity contribution in [3.8, 4) is 17.2 Å². The molecule has 0 aliphatic carbocycles. The molecule has 3 aromatic carbocycles. The van der Waals surface area contributed by atoms with E-state index in [1.165, 1.54) is 30.7 Å². The molecule has 34 heavy (non-hydrogen) atoms. The molecule has 9 heteroatoms. The van der Waals surface area contributed by atoms with Crippen molar-refractivity contribution in [2.45, 2.75) is 13.1 Å². The van der Waals surface area contributed by atoms with Gasteiger partial charge in [0.1, 0.15) is 5.75 Å². The van der Waals surface area contributed by atoms with Gasteiger partial charge in [-0.15, -0.1) is 0 Å². The van der Waals surface area contributed by atoms with Crippen molar-refractivity contribution < 1.29 is 27.4 Å². The number of nitrogens with zero attached hydrogens (tertiary/aromatic N) is 1. The SMILES string of the molecule is COc1ccccc1CNC(=O)c1cc(OC)c(OC)cc1N(Cc1ccccc1)S(C)(=O)=O. The van der Waals surface area contributed by atoms with E-state index >= 15 is 0 Å². The molecule has 0 aliphatic rings. The van der Waals surface area contributed by atoms with E-state index in [0.29, 0.717) is 17.2 Å². The van der Waals surface area contributed by atoms with Crippen LogP contribution in [0.4, 0.5) is 5.69 Å². The molecule has 1 N–H and O–H groups in total. The second kappa shape index (κ2) is 10.9. The number of nitrogens with one attached hydrogen (secondary N) is 1. The Kier molecular flexibility index (Phi) is 8.01. The lowest BCUT2D eigenvalue weighted by molar-refractivity contribution is 0.0951. The topological polar surface area (TPSA) is 94.2 Å². The molecule has 0 heterocycles. The summed E-state index contributed by atoms with van der Waals surface area (Å²) >= 11 is 0. The van der Waals surface area contributed by atoms with Gasteiger partial charge >= 0.3 is 0 Å². The fourth-order valence-electron chi connectivity index (χ4n) is 3.51. The lowest BCUT2D eigenvalue weighted by Crippen LogP contribution is -2.32. The first-order chi connectivity index (χ1) is 16.3. The maximum Gasteiger partial charge on any atom is 0.253 e. The summed E-state index contributed by atoms with van der Waals surface area (Å²) in [5.41, 5.74) is 1.86. The Morgan fingerprint density at radius 1 is 0.853 bits per heavy atom. The number of para-hydroxylation sites is 1. The summed E-state index contributed by atoms with van der Waals surface area (Å²) in [6.07, 6.45) is 1.10. The largest absolute Gasteiger partial charge is 0.496 e. The summed E-state index contributed by atoms with van der Waals surface area (Å²) in [7, 11) is 0.699. The summed E-state index contributed by atoms with van der Waals surface area (Å²) in [6, 6.07) is 19.4. The van der Waals surface area contributed by atoms with Crippen LogP contribution in [0, 0.1) is 0 Å². The summed E-state index contributed by atoms with van der Waals surface area (Å²) in [6.45, 7) is 0.232. The van der Waals surface area contributed by atoms with Crippen molar-refractivity contribution in [1.82, 2.24) is 5.32 Å². The number of amides is 1. The van der Waals surface area contributed by atoms with E-state index in [9.17, 15) is 13.2 Å². The summed E-state index contributed by atoms with van der Waals surface area (Å²) in [5.74, 6) is 0.781. The first-order valence-electron chi connectivity index (χ1n) is 10.5. The molecule has 3 aromatic rings. The predicted octanol–water partition coefficient (Wildman–Crippen LogP) is 3.61. The van der Waals surface area contributed by atoms with Gasteiger partial charge in [-0.3, -0.25) is 9.10 Å². The van der Waals surface area contributed by atoms with E-state index in [2.05, 4.69) is 5.32 Å². The van der Waals surface area contributed by atoms with Crippen LogP contribution in [0.3, 0.4) is 0 Å². The Morgan fingerprint density at radius 2 is 1.44 bits per heavy atom. The smallest absolute Gasteiger partial charge is 0.253 e. The van der Waals surface area contributed by atoms with Gasteiger partial charge in [0.2, 0.25) is 10.0 Å². The van der Waals surface area contributed by atoms with Crippen molar-refractivity contribution in [2.75, 3.05) is 31.9 Å². The molecule has 0 bridgehead atoms. The maximum atomic E-state index is 13.3. The molecule has 0 radical (unpaired) electrons. The van der Waals surface area contributed by atoms with Gasteiger partial charge in [-0.2, -0.15) is 0 Å². The minimum atomic E-state index is -3.76. The van der Waals surface area contributed by atoms with Crippen molar-refractivity contribution in [1.29, 1.82) is 0 Å². The van der Waals surface area contributed by atoms with E-state index in [-0.39, 0.29) is 24.3 Å². The molecule has 180 valence electrons. The molecule has 1 amide bonds. The van der Waals surface area contributed by atoms with Crippen molar-refractivity contribution in [2.24, 2.45) is 0 Å². The summed E-state index contributed by atoms with van der Waals surface area (Å²) < 4.78 is 43.0. The molecule has 0 spiro atoms. The second-order valence-electron chi connectivity index (χ2n) is 7.47. The average Bonchev–Trinajstić information content (AvgIpc) is 2.85. The quantitative estimate of drug-likeness (QED) is 0.473. The fraction of sp³-hybridized carbons (Fsp3) is 0.240. The monoisotopic (exact) mass is 484 g/mol. The van der Waals surface area contributed by atoms with Gasteiger partial charge in [0.05, 0.1) is 45.4 Å². The van der Waals surface area contributed by atoms with Crippen LogP contribution in [0.25, 0.3) is 0 Å². The molecule has 0 saturated heterocycles. The lowest BCUT2D eigenvalue weighted by Gasteiger charge is -2.26. The van der Waals surface area contributed by atoms with E-state index < -0.39 is 15.9 Å². The molecule has 0 fully saturated rings. The van der Waals surface area contributed by atoms with Crippen molar-refractivity contribution in [3.63, 3.8) is 0 Å². The van der Waals surface area contributed by atoms with Crippen LogP contribution in [0.15, 0.2) is 66.7 Å². The number of carbonyl (C=O) groups is 1. The normalized spacial score (nSPS) is 10.9. The molecule has 0 aromatic heterocycles. The highest BCUT2D eigenvalue weighted by atomic mass is 32.2. The molecule has 0 unspecified atom stereocenters. The molecule has 0 atom stereocenters. The number of hydrogen-bond acceptors (Lipinski definition) is 6. The lowest BCUT2D eigenvalue weighted by atomic mass is 10.1. The summed E-state index contributed by atoms with van der Waals surface area (Å²) in [4.78, 5) is 13.3. The molecule has 0 aliphatic heterocycles. The van der Waals surface area contributed by atoms with E-state index in [1.54, 1.807) is 13.2 Å². The Labute approximate surface area is 200 Å². The zero-order chi connectivity index (χ0) is 24.7. The number of rotatable bonds is 10.